The Labute approximate surface area is 110 Å². The van der Waals surface area contributed by atoms with Crippen LogP contribution >= 0.6 is 11.8 Å². The highest BCUT2D eigenvalue weighted by atomic mass is 32.2. The average molecular weight is 266 g/mol. The van der Waals surface area contributed by atoms with E-state index in [-0.39, 0.29) is 6.61 Å². The molecule has 0 saturated carbocycles. The lowest BCUT2D eigenvalue weighted by molar-refractivity contribution is 0.252. The van der Waals surface area contributed by atoms with E-state index in [1.165, 1.54) is 11.8 Å². The van der Waals surface area contributed by atoms with Gasteiger partial charge in [0.25, 0.3) is 11.1 Å². The maximum absolute atomic E-state index is 5.52. The maximum Gasteiger partial charge on any atom is 0.276 e. The van der Waals surface area contributed by atoms with Crippen molar-refractivity contribution in [2.75, 3.05) is 12.9 Å². The fraction of sp³-hybridized carbons (Fsp3) is 0.333. The molecular formula is C12H14N2O3S. The summed E-state index contributed by atoms with van der Waals surface area (Å²) < 4.78 is 16.0. The van der Waals surface area contributed by atoms with Crippen LogP contribution in [-0.4, -0.2) is 23.1 Å². The Balaban J connectivity index is 1.89. The molecule has 0 aliphatic heterocycles. The van der Waals surface area contributed by atoms with Gasteiger partial charge in [-0.1, -0.05) is 18.7 Å². The third-order valence-corrected chi connectivity index (χ3v) is 2.84. The van der Waals surface area contributed by atoms with Gasteiger partial charge in [0.2, 0.25) is 0 Å². The predicted octanol–water partition coefficient (Wildman–Crippen LogP) is 2.77. The van der Waals surface area contributed by atoms with Crippen LogP contribution in [0.1, 0.15) is 12.8 Å². The van der Waals surface area contributed by atoms with Gasteiger partial charge in [0, 0.05) is 0 Å². The normalized spacial score (nSPS) is 10.3. The fourth-order valence-electron chi connectivity index (χ4n) is 1.30. The maximum atomic E-state index is 5.52. The van der Waals surface area contributed by atoms with Crippen LogP contribution in [0.4, 0.5) is 0 Å². The minimum atomic E-state index is 0.267. The molecule has 96 valence electrons. The minimum absolute atomic E-state index is 0.267. The summed E-state index contributed by atoms with van der Waals surface area (Å²) in [5.41, 5.74) is 0. The third-order valence-electron chi connectivity index (χ3n) is 2.14. The number of nitrogens with zero attached hydrogens (tertiary/aromatic N) is 2. The molecule has 1 aromatic heterocycles. The number of hydrogen-bond acceptors (Lipinski definition) is 6. The van der Waals surface area contributed by atoms with Crippen LogP contribution in [0, 0.1) is 0 Å². The number of rotatable bonds is 6. The van der Waals surface area contributed by atoms with E-state index in [9.17, 15) is 0 Å². The molecule has 0 radical (unpaired) electrons. The van der Waals surface area contributed by atoms with Crippen LogP contribution in [0.2, 0.25) is 0 Å². The Hall–Kier alpha value is -1.69. The molecule has 0 fully saturated rings. The van der Waals surface area contributed by atoms with Crippen molar-refractivity contribution in [2.45, 2.75) is 18.8 Å². The highest BCUT2D eigenvalue weighted by molar-refractivity contribution is 7.99. The average Bonchev–Trinajstić information content (AvgIpc) is 2.85. The fourth-order valence-corrected chi connectivity index (χ4v) is 1.80. The Morgan fingerprint density at radius 2 is 1.89 bits per heavy atom. The van der Waals surface area contributed by atoms with E-state index in [0.717, 1.165) is 17.3 Å². The summed E-state index contributed by atoms with van der Waals surface area (Å²) in [7, 11) is 1.63. The van der Waals surface area contributed by atoms with Crippen LogP contribution < -0.4 is 9.47 Å². The molecule has 0 atom stereocenters. The number of thioether (sulfide) groups is 1. The summed E-state index contributed by atoms with van der Waals surface area (Å²) in [5, 5.41) is 8.36. The molecule has 18 heavy (non-hydrogen) atoms. The number of aromatic nitrogens is 2. The number of benzene rings is 1. The molecule has 0 unspecified atom stereocenters. The van der Waals surface area contributed by atoms with E-state index in [4.69, 9.17) is 13.9 Å². The number of ether oxygens (including phenoxy) is 2. The Morgan fingerprint density at radius 1 is 1.17 bits per heavy atom. The van der Waals surface area contributed by atoms with Crippen molar-refractivity contribution >= 4 is 11.8 Å². The SMILES string of the molecule is CCSc1nnc(COc2ccc(OC)cc2)o1. The van der Waals surface area contributed by atoms with Crippen molar-refractivity contribution in [1.82, 2.24) is 10.2 Å². The number of hydrogen-bond donors (Lipinski definition) is 0. The molecule has 0 spiro atoms. The second kappa shape index (κ2) is 6.30. The third kappa shape index (κ3) is 3.40. The van der Waals surface area contributed by atoms with E-state index in [1.807, 2.05) is 31.2 Å². The zero-order valence-corrected chi connectivity index (χ0v) is 11.1. The summed E-state index contributed by atoms with van der Waals surface area (Å²) in [5.74, 6) is 2.91. The summed E-state index contributed by atoms with van der Waals surface area (Å²) in [6.07, 6.45) is 0. The van der Waals surface area contributed by atoms with Crippen LogP contribution in [-0.2, 0) is 6.61 Å². The molecule has 0 bridgehead atoms. The second-order valence-electron chi connectivity index (χ2n) is 3.36. The van der Waals surface area contributed by atoms with Gasteiger partial charge in [-0.2, -0.15) is 0 Å². The van der Waals surface area contributed by atoms with Gasteiger partial charge in [-0.05, 0) is 30.0 Å². The number of methoxy groups -OCH3 is 1. The van der Waals surface area contributed by atoms with Gasteiger partial charge in [0.05, 0.1) is 7.11 Å². The first-order valence-electron chi connectivity index (χ1n) is 5.54. The van der Waals surface area contributed by atoms with Crippen LogP contribution in [0.15, 0.2) is 33.9 Å². The van der Waals surface area contributed by atoms with Crippen molar-refractivity contribution in [3.63, 3.8) is 0 Å². The van der Waals surface area contributed by atoms with Crippen LogP contribution in [0.5, 0.6) is 11.5 Å². The molecule has 5 nitrogen and oxygen atoms in total. The molecule has 1 aromatic carbocycles. The molecule has 0 aliphatic rings. The van der Waals surface area contributed by atoms with Gasteiger partial charge >= 0.3 is 0 Å². The van der Waals surface area contributed by atoms with Crippen molar-refractivity contribution in [2.24, 2.45) is 0 Å². The van der Waals surface area contributed by atoms with E-state index >= 15 is 0 Å². The van der Waals surface area contributed by atoms with Crippen molar-refractivity contribution in [3.05, 3.63) is 30.2 Å². The first-order valence-corrected chi connectivity index (χ1v) is 6.52. The standard InChI is InChI=1S/C12H14N2O3S/c1-3-18-12-14-13-11(17-12)8-16-10-6-4-9(15-2)5-7-10/h4-7H,3,8H2,1-2H3. The molecule has 0 saturated heterocycles. The zero-order valence-electron chi connectivity index (χ0n) is 10.3. The lowest BCUT2D eigenvalue weighted by atomic mass is 10.3. The first-order chi connectivity index (χ1) is 8.81. The van der Waals surface area contributed by atoms with E-state index in [2.05, 4.69) is 10.2 Å². The largest absolute Gasteiger partial charge is 0.497 e. The molecule has 6 heteroatoms. The van der Waals surface area contributed by atoms with Gasteiger partial charge in [0.1, 0.15) is 11.5 Å². The quantitative estimate of drug-likeness (QED) is 0.749. The summed E-state index contributed by atoms with van der Waals surface area (Å²) >= 11 is 1.51. The Kier molecular flexibility index (Phi) is 4.46. The van der Waals surface area contributed by atoms with Crippen molar-refractivity contribution in [3.8, 4) is 11.5 Å². The Morgan fingerprint density at radius 3 is 2.56 bits per heavy atom. The summed E-state index contributed by atoms with van der Waals surface area (Å²) in [6.45, 7) is 2.30. The van der Waals surface area contributed by atoms with Crippen molar-refractivity contribution < 1.29 is 13.9 Å². The van der Waals surface area contributed by atoms with Crippen LogP contribution in [0.25, 0.3) is 0 Å². The molecule has 2 rings (SSSR count). The van der Waals surface area contributed by atoms with Gasteiger partial charge in [-0.15, -0.1) is 10.2 Å². The second-order valence-corrected chi connectivity index (χ2v) is 4.57. The molecule has 0 amide bonds. The highest BCUT2D eigenvalue weighted by Crippen LogP contribution is 2.19. The van der Waals surface area contributed by atoms with Crippen LogP contribution in [0.3, 0.4) is 0 Å². The smallest absolute Gasteiger partial charge is 0.276 e. The predicted molar refractivity (Wildman–Crippen MR) is 68.0 cm³/mol. The zero-order chi connectivity index (χ0) is 12.8. The lowest BCUT2D eigenvalue weighted by Crippen LogP contribution is -1.95. The molecule has 1 heterocycles. The topological polar surface area (TPSA) is 57.4 Å². The van der Waals surface area contributed by atoms with E-state index in [1.54, 1.807) is 7.11 Å². The van der Waals surface area contributed by atoms with Crippen molar-refractivity contribution in [1.29, 1.82) is 0 Å². The summed E-state index contributed by atoms with van der Waals surface area (Å²) in [4.78, 5) is 0. The van der Waals surface area contributed by atoms with E-state index in [0.29, 0.717) is 11.1 Å². The van der Waals surface area contributed by atoms with Gasteiger partial charge < -0.3 is 13.9 Å². The molecular weight excluding hydrogens is 252 g/mol. The monoisotopic (exact) mass is 266 g/mol. The molecule has 2 aromatic rings. The van der Waals surface area contributed by atoms with Gasteiger partial charge in [-0.25, -0.2) is 0 Å². The van der Waals surface area contributed by atoms with Gasteiger partial charge in [0.15, 0.2) is 6.61 Å². The first kappa shape index (κ1) is 12.8. The minimum Gasteiger partial charge on any atom is -0.497 e. The summed E-state index contributed by atoms with van der Waals surface area (Å²) in [6, 6.07) is 7.33. The molecule has 0 N–H and O–H groups in total. The highest BCUT2D eigenvalue weighted by Gasteiger charge is 2.06. The van der Waals surface area contributed by atoms with E-state index < -0.39 is 0 Å². The lowest BCUT2D eigenvalue weighted by Gasteiger charge is -2.04. The van der Waals surface area contributed by atoms with Gasteiger partial charge in [-0.3, -0.25) is 0 Å². The Bertz CT molecular complexity index is 484. The molecule has 0 aliphatic carbocycles.